The maximum absolute atomic E-state index is 13.9. The number of rotatable bonds is 5. The summed E-state index contributed by atoms with van der Waals surface area (Å²) in [5, 5.41) is 10.8. The molecule has 0 aliphatic carbocycles. The average molecular weight is 349 g/mol. The maximum Gasteiger partial charge on any atom is 0.129 e. The van der Waals surface area contributed by atoms with Gasteiger partial charge in [0, 0.05) is 49.9 Å². The Bertz CT molecular complexity index is 639. The summed E-state index contributed by atoms with van der Waals surface area (Å²) < 4.78 is 13.9. The number of β-amino-alcohol motifs (C(OH)–C–C–N with tert-alkyl or cyclic N) is 1. The number of nitrogens with zero attached hydrogens (tertiary/aromatic N) is 2. The predicted octanol–water partition coefficient (Wildman–Crippen LogP) is 3.33. The molecular formula is C19H22ClFN2O. The van der Waals surface area contributed by atoms with Gasteiger partial charge >= 0.3 is 0 Å². The van der Waals surface area contributed by atoms with Crippen molar-refractivity contribution < 1.29 is 9.50 Å². The van der Waals surface area contributed by atoms with Crippen molar-refractivity contribution in [2.75, 3.05) is 32.7 Å². The fraction of sp³-hybridized carbons (Fsp3) is 0.368. The standard InChI is InChI=1S/C19H22ClFN2O/c20-17-7-4-8-18(21)16(17)13-22-9-11-23(12-10-22)14-19(24)15-5-2-1-3-6-15/h1-8,19,24H,9-14H2. The molecule has 0 radical (unpaired) electrons. The van der Waals surface area contributed by atoms with Crippen molar-refractivity contribution in [2.24, 2.45) is 0 Å². The number of hydrogen-bond acceptors (Lipinski definition) is 3. The molecule has 128 valence electrons. The monoisotopic (exact) mass is 348 g/mol. The lowest BCUT2D eigenvalue weighted by Gasteiger charge is -2.35. The van der Waals surface area contributed by atoms with Gasteiger partial charge in [-0.15, -0.1) is 0 Å². The minimum absolute atomic E-state index is 0.246. The molecule has 0 saturated carbocycles. The molecule has 0 aromatic heterocycles. The van der Waals surface area contributed by atoms with Crippen LogP contribution in [0.4, 0.5) is 4.39 Å². The smallest absolute Gasteiger partial charge is 0.129 e. The highest BCUT2D eigenvalue weighted by Gasteiger charge is 2.21. The van der Waals surface area contributed by atoms with Gasteiger partial charge in [-0.2, -0.15) is 0 Å². The van der Waals surface area contributed by atoms with Crippen molar-refractivity contribution >= 4 is 11.6 Å². The highest BCUT2D eigenvalue weighted by Crippen LogP contribution is 2.22. The highest BCUT2D eigenvalue weighted by molar-refractivity contribution is 6.31. The number of halogens is 2. The fourth-order valence-corrected chi connectivity index (χ4v) is 3.28. The Morgan fingerprint density at radius 2 is 1.62 bits per heavy atom. The Morgan fingerprint density at radius 1 is 0.958 bits per heavy atom. The fourth-order valence-electron chi connectivity index (χ4n) is 3.06. The molecule has 5 heteroatoms. The highest BCUT2D eigenvalue weighted by atomic mass is 35.5. The Morgan fingerprint density at radius 3 is 2.29 bits per heavy atom. The third-order valence-electron chi connectivity index (χ3n) is 4.52. The minimum atomic E-state index is -0.473. The molecule has 1 atom stereocenters. The van der Waals surface area contributed by atoms with Gasteiger partial charge in [0.2, 0.25) is 0 Å². The molecule has 2 aromatic carbocycles. The van der Waals surface area contributed by atoms with Crippen molar-refractivity contribution in [3.8, 4) is 0 Å². The van der Waals surface area contributed by atoms with Crippen LogP contribution in [0.15, 0.2) is 48.5 Å². The SMILES string of the molecule is OC(CN1CCN(Cc2c(F)cccc2Cl)CC1)c1ccccc1. The first kappa shape index (κ1) is 17.4. The maximum atomic E-state index is 13.9. The second-order valence-corrected chi connectivity index (χ2v) is 6.61. The summed E-state index contributed by atoms with van der Waals surface area (Å²) in [6.07, 6.45) is -0.473. The van der Waals surface area contributed by atoms with Crippen LogP contribution in [-0.4, -0.2) is 47.6 Å². The number of piperazine rings is 1. The topological polar surface area (TPSA) is 26.7 Å². The Hall–Kier alpha value is -1.46. The molecule has 0 amide bonds. The van der Waals surface area contributed by atoms with E-state index in [1.807, 2.05) is 30.3 Å². The first-order valence-corrected chi connectivity index (χ1v) is 8.62. The third kappa shape index (κ3) is 4.33. The summed E-state index contributed by atoms with van der Waals surface area (Å²) in [5.41, 5.74) is 1.51. The summed E-state index contributed by atoms with van der Waals surface area (Å²) in [7, 11) is 0. The largest absolute Gasteiger partial charge is 0.387 e. The first-order valence-electron chi connectivity index (χ1n) is 8.24. The number of benzene rings is 2. The molecular weight excluding hydrogens is 327 g/mol. The number of hydrogen-bond donors (Lipinski definition) is 1. The second kappa shape index (κ2) is 8.08. The summed E-state index contributed by atoms with van der Waals surface area (Å²) in [6.45, 7) is 4.54. The molecule has 1 saturated heterocycles. The lowest BCUT2D eigenvalue weighted by atomic mass is 10.1. The molecule has 1 heterocycles. The van der Waals surface area contributed by atoms with Crippen LogP contribution in [-0.2, 0) is 6.54 Å². The van der Waals surface area contributed by atoms with Gasteiger partial charge in [-0.25, -0.2) is 4.39 Å². The van der Waals surface area contributed by atoms with E-state index in [2.05, 4.69) is 9.80 Å². The molecule has 24 heavy (non-hydrogen) atoms. The van der Waals surface area contributed by atoms with Gasteiger partial charge < -0.3 is 5.11 Å². The van der Waals surface area contributed by atoms with Crippen LogP contribution >= 0.6 is 11.6 Å². The summed E-state index contributed by atoms with van der Waals surface area (Å²) in [6, 6.07) is 14.5. The van der Waals surface area contributed by atoms with E-state index in [0.717, 1.165) is 31.7 Å². The Kier molecular flexibility index (Phi) is 5.85. The normalized spacial score (nSPS) is 17.8. The van der Waals surface area contributed by atoms with Gasteiger partial charge in [0.05, 0.1) is 6.10 Å². The van der Waals surface area contributed by atoms with Crippen LogP contribution in [0, 0.1) is 5.82 Å². The van der Waals surface area contributed by atoms with Crippen LogP contribution < -0.4 is 0 Å². The van der Waals surface area contributed by atoms with Gasteiger partial charge in [0.25, 0.3) is 0 Å². The van der Waals surface area contributed by atoms with Crippen molar-refractivity contribution in [1.82, 2.24) is 9.80 Å². The molecule has 1 unspecified atom stereocenters. The lowest BCUT2D eigenvalue weighted by molar-refractivity contribution is 0.0698. The van der Waals surface area contributed by atoms with E-state index in [1.165, 1.54) is 6.07 Å². The molecule has 3 nitrogen and oxygen atoms in total. The van der Waals surface area contributed by atoms with Crippen LogP contribution in [0.1, 0.15) is 17.2 Å². The first-order chi connectivity index (χ1) is 11.6. The quantitative estimate of drug-likeness (QED) is 0.897. The van der Waals surface area contributed by atoms with Gasteiger partial charge in [-0.05, 0) is 17.7 Å². The van der Waals surface area contributed by atoms with Crippen LogP contribution in [0.3, 0.4) is 0 Å². The van der Waals surface area contributed by atoms with Crippen LogP contribution in [0.25, 0.3) is 0 Å². The summed E-state index contributed by atoms with van der Waals surface area (Å²) in [4.78, 5) is 4.45. The third-order valence-corrected chi connectivity index (χ3v) is 4.88. The van der Waals surface area contributed by atoms with Crippen LogP contribution in [0.2, 0.25) is 5.02 Å². The van der Waals surface area contributed by atoms with Crippen molar-refractivity contribution in [2.45, 2.75) is 12.6 Å². The molecule has 3 rings (SSSR count). The molecule has 2 aromatic rings. The van der Waals surface area contributed by atoms with Gasteiger partial charge in [0.1, 0.15) is 5.82 Å². The van der Waals surface area contributed by atoms with Crippen molar-refractivity contribution in [3.63, 3.8) is 0 Å². The minimum Gasteiger partial charge on any atom is -0.387 e. The van der Waals surface area contributed by atoms with Crippen molar-refractivity contribution in [1.29, 1.82) is 0 Å². The summed E-state index contributed by atoms with van der Waals surface area (Å²) >= 11 is 6.10. The number of aliphatic hydroxyl groups excluding tert-OH is 1. The van der Waals surface area contributed by atoms with E-state index in [0.29, 0.717) is 23.7 Å². The second-order valence-electron chi connectivity index (χ2n) is 6.20. The van der Waals surface area contributed by atoms with E-state index in [9.17, 15) is 9.50 Å². The zero-order chi connectivity index (χ0) is 16.9. The summed E-state index contributed by atoms with van der Waals surface area (Å²) in [5.74, 6) is -0.246. The molecule has 0 bridgehead atoms. The molecule has 1 fully saturated rings. The van der Waals surface area contributed by atoms with E-state index in [-0.39, 0.29) is 5.82 Å². The van der Waals surface area contributed by atoms with Gasteiger partial charge in [-0.3, -0.25) is 9.80 Å². The average Bonchev–Trinajstić information content (AvgIpc) is 2.60. The zero-order valence-electron chi connectivity index (χ0n) is 13.5. The van der Waals surface area contributed by atoms with E-state index in [4.69, 9.17) is 11.6 Å². The number of aliphatic hydroxyl groups is 1. The van der Waals surface area contributed by atoms with E-state index >= 15 is 0 Å². The molecule has 1 aliphatic heterocycles. The van der Waals surface area contributed by atoms with Crippen LogP contribution in [0.5, 0.6) is 0 Å². The van der Waals surface area contributed by atoms with Gasteiger partial charge in [0.15, 0.2) is 0 Å². The molecule has 1 aliphatic rings. The van der Waals surface area contributed by atoms with E-state index in [1.54, 1.807) is 12.1 Å². The van der Waals surface area contributed by atoms with E-state index < -0.39 is 6.10 Å². The zero-order valence-corrected chi connectivity index (χ0v) is 14.3. The lowest BCUT2D eigenvalue weighted by Crippen LogP contribution is -2.47. The predicted molar refractivity (Wildman–Crippen MR) is 94.5 cm³/mol. The molecule has 0 spiro atoms. The van der Waals surface area contributed by atoms with Gasteiger partial charge in [-0.1, -0.05) is 48.0 Å². The Balaban J connectivity index is 1.51. The molecule has 1 N–H and O–H groups in total. The van der Waals surface area contributed by atoms with Crippen molar-refractivity contribution in [3.05, 3.63) is 70.5 Å². The Labute approximate surface area is 147 Å².